The maximum Gasteiger partial charge on any atom is 0.269 e. The molecule has 100 valence electrons. The van der Waals surface area contributed by atoms with Crippen molar-refractivity contribution in [2.75, 3.05) is 13.1 Å². The Morgan fingerprint density at radius 2 is 1.83 bits per heavy atom. The summed E-state index contributed by atoms with van der Waals surface area (Å²) in [4.78, 5) is 10.2. The highest BCUT2D eigenvalue weighted by molar-refractivity contribution is 5.85. The van der Waals surface area contributed by atoms with Gasteiger partial charge in [0.25, 0.3) is 5.69 Å². The van der Waals surface area contributed by atoms with E-state index in [1.807, 2.05) is 0 Å². The van der Waals surface area contributed by atoms with E-state index in [-0.39, 0.29) is 29.1 Å². The molecule has 0 radical (unpaired) electrons. The molecule has 18 heavy (non-hydrogen) atoms. The van der Waals surface area contributed by atoms with Crippen molar-refractivity contribution in [3.05, 3.63) is 39.9 Å². The van der Waals surface area contributed by atoms with E-state index in [1.54, 1.807) is 12.1 Å². The molecule has 3 N–H and O–H groups in total. The van der Waals surface area contributed by atoms with Crippen molar-refractivity contribution in [1.82, 2.24) is 5.32 Å². The quantitative estimate of drug-likeness (QED) is 0.651. The molecule has 1 saturated heterocycles. The first kappa shape index (κ1) is 14.9. The second-order valence-electron chi connectivity index (χ2n) is 4.46. The van der Waals surface area contributed by atoms with Gasteiger partial charge in [-0.05, 0) is 37.4 Å². The lowest BCUT2D eigenvalue weighted by atomic mass is 9.86. The molecule has 1 fully saturated rings. The van der Waals surface area contributed by atoms with Gasteiger partial charge in [-0.2, -0.15) is 0 Å². The number of nitrogens with zero attached hydrogens (tertiary/aromatic N) is 1. The molecule has 5 nitrogen and oxygen atoms in total. The Balaban J connectivity index is 0.00000162. The van der Waals surface area contributed by atoms with Gasteiger partial charge in [0, 0.05) is 18.2 Å². The SMILES string of the molecule is Cl.N[C@@H](c1ccc([N+](=O)[O-])cc1)C1CCNCC1. The molecule has 0 aliphatic carbocycles. The van der Waals surface area contributed by atoms with E-state index in [2.05, 4.69) is 5.32 Å². The summed E-state index contributed by atoms with van der Waals surface area (Å²) in [5.41, 5.74) is 7.30. The number of nitrogens with two attached hydrogens (primary N) is 1. The number of hydrogen-bond acceptors (Lipinski definition) is 4. The van der Waals surface area contributed by atoms with Crippen LogP contribution in [-0.2, 0) is 0 Å². The zero-order valence-electron chi connectivity index (χ0n) is 10.0. The van der Waals surface area contributed by atoms with Gasteiger partial charge in [-0.3, -0.25) is 10.1 Å². The number of benzene rings is 1. The number of piperidine rings is 1. The third kappa shape index (κ3) is 3.41. The summed E-state index contributed by atoms with van der Waals surface area (Å²) in [6.07, 6.45) is 2.14. The fraction of sp³-hybridized carbons (Fsp3) is 0.500. The molecule has 0 spiro atoms. The molecule has 1 aliphatic heterocycles. The molecule has 1 heterocycles. The lowest BCUT2D eigenvalue weighted by Crippen LogP contribution is -2.33. The summed E-state index contributed by atoms with van der Waals surface area (Å²) in [6, 6.07) is 6.57. The molecule has 1 aromatic carbocycles. The summed E-state index contributed by atoms with van der Waals surface area (Å²) >= 11 is 0. The van der Waals surface area contributed by atoms with Crippen LogP contribution in [-0.4, -0.2) is 18.0 Å². The third-order valence-electron chi connectivity index (χ3n) is 3.38. The van der Waals surface area contributed by atoms with Gasteiger partial charge >= 0.3 is 0 Å². The van der Waals surface area contributed by atoms with E-state index in [9.17, 15) is 10.1 Å². The highest BCUT2D eigenvalue weighted by Gasteiger charge is 2.21. The number of rotatable bonds is 3. The highest BCUT2D eigenvalue weighted by atomic mass is 35.5. The Morgan fingerprint density at radius 3 is 2.33 bits per heavy atom. The Hall–Kier alpha value is -1.17. The van der Waals surface area contributed by atoms with Crippen LogP contribution in [0.25, 0.3) is 0 Å². The fourth-order valence-corrected chi connectivity index (χ4v) is 2.29. The summed E-state index contributed by atoms with van der Waals surface area (Å²) in [6.45, 7) is 2.01. The van der Waals surface area contributed by atoms with Crippen LogP contribution in [0.1, 0.15) is 24.4 Å². The van der Waals surface area contributed by atoms with Crippen molar-refractivity contribution >= 4 is 18.1 Å². The van der Waals surface area contributed by atoms with E-state index in [4.69, 9.17) is 5.73 Å². The molecule has 1 atom stereocenters. The Morgan fingerprint density at radius 1 is 1.28 bits per heavy atom. The maximum atomic E-state index is 10.5. The standard InChI is InChI=1S/C12H17N3O2.ClH/c13-12(10-5-7-14-8-6-10)9-1-3-11(4-2-9)15(16)17;/h1-4,10,12,14H,5-8,13H2;1H/t12-;/m0./s1. The first-order chi connectivity index (χ1) is 8.18. The van der Waals surface area contributed by atoms with Crippen molar-refractivity contribution in [2.45, 2.75) is 18.9 Å². The van der Waals surface area contributed by atoms with Gasteiger partial charge in [0.1, 0.15) is 0 Å². The van der Waals surface area contributed by atoms with Crippen LogP contribution < -0.4 is 11.1 Å². The van der Waals surface area contributed by atoms with Crippen LogP contribution in [0.15, 0.2) is 24.3 Å². The molecule has 1 aliphatic rings. The van der Waals surface area contributed by atoms with E-state index >= 15 is 0 Å². The van der Waals surface area contributed by atoms with Gasteiger partial charge in [-0.15, -0.1) is 12.4 Å². The number of nitro groups is 1. The normalized spacial score (nSPS) is 17.8. The smallest absolute Gasteiger partial charge is 0.269 e. The second kappa shape index (κ2) is 6.68. The first-order valence-electron chi connectivity index (χ1n) is 5.89. The number of nitrogens with one attached hydrogen (secondary N) is 1. The van der Waals surface area contributed by atoms with Crippen molar-refractivity contribution in [1.29, 1.82) is 0 Å². The minimum atomic E-state index is -0.389. The lowest BCUT2D eigenvalue weighted by Gasteiger charge is -2.28. The molecule has 0 amide bonds. The van der Waals surface area contributed by atoms with Crippen LogP contribution in [0.3, 0.4) is 0 Å². The van der Waals surface area contributed by atoms with Crippen LogP contribution in [0.2, 0.25) is 0 Å². The average molecular weight is 272 g/mol. The molecular weight excluding hydrogens is 254 g/mol. The number of hydrogen-bond donors (Lipinski definition) is 2. The van der Waals surface area contributed by atoms with Gasteiger partial charge in [-0.1, -0.05) is 12.1 Å². The number of non-ortho nitro benzene ring substituents is 1. The Labute approximate surface area is 112 Å². The third-order valence-corrected chi connectivity index (χ3v) is 3.38. The lowest BCUT2D eigenvalue weighted by molar-refractivity contribution is -0.384. The van der Waals surface area contributed by atoms with Gasteiger partial charge in [0.05, 0.1) is 4.92 Å². The van der Waals surface area contributed by atoms with E-state index < -0.39 is 0 Å². The second-order valence-corrected chi connectivity index (χ2v) is 4.46. The van der Waals surface area contributed by atoms with E-state index in [0.717, 1.165) is 31.5 Å². The predicted molar refractivity (Wildman–Crippen MR) is 72.9 cm³/mol. The minimum absolute atomic E-state index is 0. The van der Waals surface area contributed by atoms with Crippen molar-refractivity contribution in [2.24, 2.45) is 11.7 Å². The van der Waals surface area contributed by atoms with Crippen LogP contribution in [0.4, 0.5) is 5.69 Å². The predicted octanol–water partition coefficient (Wildman–Crippen LogP) is 2.02. The van der Waals surface area contributed by atoms with Gasteiger partial charge in [-0.25, -0.2) is 0 Å². The summed E-state index contributed by atoms with van der Waals surface area (Å²) in [5.74, 6) is 0.470. The Kier molecular flexibility index (Phi) is 5.53. The fourth-order valence-electron chi connectivity index (χ4n) is 2.29. The van der Waals surface area contributed by atoms with Crippen LogP contribution >= 0.6 is 12.4 Å². The number of nitro benzene ring substituents is 1. The minimum Gasteiger partial charge on any atom is -0.324 e. The topological polar surface area (TPSA) is 81.2 Å². The molecule has 1 aromatic rings. The zero-order valence-corrected chi connectivity index (χ0v) is 10.9. The molecule has 0 aromatic heterocycles. The van der Waals surface area contributed by atoms with Crippen LogP contribution in [0, 0.1) is 16.0 Å². The zero-order chi connectivity index (χ0) is 12.3. The Bertz CT molecular complexity index is 391. The summed E-state index contributed by atoms with van der Waals surface area (Å²) in [7, 11) is 0. The molecular formula is C12H18ClN3O2. The maximum absolute atomic E-state index is 10.5. The van der Waals surface area contributed by atoms with Crippen molar-refractivity contribution in [3.8, 4) is 0 Å². The number of halogens is 1. The largest absolute Gasteiger partial charge is 0.324 e. The van der Waals surface area contributed by atoms with Gasteiger partial charge < -0.3 is 11.1 Å². The molecule has 2 rings (SSSR count). The van der Waals surface area contributed by atoms with Crippen molar-refractivity contribution in [3.63, 3.8) is 0 Å². The van der Waals surface area contributed by atoms with Crippen LogP contribution in [0.5, 0.6) is 0 Å². The van der Waals surface area contributed by atoms with Gasteiger partial charge in [0.15, 0.2) is 0 Å². The molecule has 0 unspecified atom stereocenters. The first-order valence-corrected chi connectivity index (χ1v) is 5.89. The molecule has 0 bridgehead atoms. The average Bonchev–Trinajstić information content (AvgIpc) is 2.39. The monoisotopic (exact) mass is 271 g/mol. The van der Waals surface area contributed by atoms with E-state index in [1.165, 1.54) is 12.1 Å². The van der Waals surface area contributed by atoms with Gasteiger partial charge in [0.2, 0.25) is 0 Å². The highest BCUT2D eigenvalue weighted by Crippen LogP contribution is 2.27. The summed E-state index contributed by atoms with van der Waals surface area (Å²) < 4.78 is 0. The van der Waals surface area contributed by atoms with Crippen molar-refractivity contribution < 1.29 is 4.92 Å². The molecule has 6 heteroatoms. The molecule has 0 saturated carbocycles. The summed E-state index contributed by atoms with van der Waals surface area (Å²) in [5, 5.41) is 13.9. The van der Waals surface area contributed by atoms with E-state index in [0.29, 0.717) is 5.92 Å².